The molecule has 32 heavy (non-hydrogen) atoms. The number of benzene rings is 3. The van der Waals surface area contributed by atoms with Crippen LogP contribution < -0.4 is 19.6 Å². The molecule has 0 fully saturated rings. The fourth-order valence-corrected chi connectivity index (χ4v) is 4.27. The normalized spacial score (nSPS) is 15.2. The van der Waals surface area contributed by atoms with Crippen LogP contribution in [0.2, 0.25) is 0 Å². The van der Waals surface area contributed by atoms with Crippen LogP contribution in [0.25, 0.3) is 22.3 Å². The predicted molar refractivity (Wildman–Crippen MR) is 120 cm³/mol. The van der Waals surface area contributed by atoms with Gasteiger partial charge in [-0.2, -0.15) is 0 Å². The van der Waals surface area contributed by atoms with Gasteiger partial charge in [-0.1, -0.05) is 48.5 Å². The molecule has 3 aromatic carbocycles. The van der Waals surface area contributed by atoms with Gasteiger partial charge in [-0.25, -0.2) is 0 Å². The van der Waals surface area contributed by atoms with E-state index in [1.165, 1.54) is 13.2 Å². The first-order valence-electron chi connectivity index (χ1n) is 10.2. The maximum atomic E-state index is 13.2. The third-order valence-electron chi connectivity index (χ3n) is 5.70. The number of rotatable bonds is 4. The molecule has 0 spiro atoms. The van der Waals surface area contributed by atoms with Crippen molar-refractivity contribution in [2.45, 2.75) is 12.3 Å². The van der Waals surface area contributed by atoms with Crippen LogP contribution in [-0.4, -0.2) is 20.2 Å². The largest absolute Gasteiger partial charge is 0.496 e. The van der Waals surface area contributed by atoms with E-state index in [1.54, 1.807) is 13.2 Å². The molecule has 0 N–H and O–H groups in total. The molecule has 0 radical (unpaired) electrons. The summed E-state index contributed by atoms with van der Waals surface area (Å²) in [5.41, 5.74) is 2.31. The minimum atomic E-state index is -0.412. The molecule has 6 nitrogen and oxygen atoms in total. The highest BCUT2D eigenvalue weighted by molar-refractivity contribution is 5.93. The molecule has 160 valence electrons. The van der Waals surface area contributed by atoms with E-state index >= 15 is 0 Å². The highest BCUT2D eigenvalue weighted by Crippen LogP contribution is 2.47. The third-order valence-corrected chi connectivity index (χ3v) is 5.70. The molecule has 2 heterocycles. The van der Waals surface area contributed by atoms with Gasteiger partial charge < -0.3 is 18.6 Å². The van der Waals surface area contributed by atoms with Crippen LogP contribution in [-0.2, 0) is 4.79 Å². The lowest BCUT2D eigenvalue weighted by atomic mass is 9.84. The first-order chi connectivity index (χ1) is 15.6. The summed E-state index contributed by atoms with van der Waals surface area (Å²) in [5, 5.41) is 0.309. The van der Waals surface area contributed by atoms with Crippen LogP contribution >= 0.6 is 0 Å². The van der Waals surface area contributed by atoms with Crippen LogP contribution in [0, 0.1) is 0 Å². The Bertz CT molecular complexity index is 1390. The number of carbonyl (C=O) groups excluding carboxylic acids is 1. The summed E-state index contributed by atoms with van der Waals surface area (Å²) in [6, 6.07) is 19.9. The Morgan fingerprint density at radius 3 is 2.34 bits per heavy atom. The van der Waals surface area contributed by atoms with Gasteiger partial charge in [0.05, 0.1) is 20.6 Å². The van der Waals surface area contributed by atoms with Crippen LogP contribution in [0.15, 0.2) is 75.9 Å². The molecule has 0 aliphatic carbocycles. The lowest BCUT2D eigenvalue weighted by Crippen LogP contribution is -2.22. The molecule has 0 saturated heterocycles. The highest BCUT2D eigenvalue weighted by atomic mass is 16.5. The Hall–Kier alpha value is -4.06. The maximum Gasteiger partial charge on any atom is 0.312 e. The summed E-state index contributed by atoms with van der Waals surface area (Å²) in [6.07, 6.45) is 0.0913. The Balaban J connectivity index is 1.86. The Morgan fingerprint density at radius 2 is 1.59 bits per heavy atom. The first-order valence-corrected chi connectivity index (χ1v) is 10.2. The van der Waals surface area contributed by atoms with Crippen molar-refractivity contribution in [3.63, 3.8) is 0 Å². The minimum Gasteiger partial charge on any atom is -0.496 e. The topological polar surface area (TPSA) is 75.0 Å². The van der Waals surface area contributed by atoms with Crippen molar-refractivity contribution in [2.24, 2.45) is 0 Å². The smallest absolute Gasteiger partial charge is 0.312 e. The van der Waals surface area contributed by atoms with E-state index in [9.17, 15) is 9.59 Å². The number of ether oxygens (including phenoxy) is 3. The molecule has 1 aliphatic heterocycles. The lowest BCUT2D eigenvalue weighted by molar-refractivity contribution is -0.135. The first kappa shape index (κ1) is 19.9. The quantitative estimate of drug-likeness (QED) is 0.339. The number of hydrogen-bond acceptors (Lipinski definition) is 6. The van der Waals surface area contributed by atoms with Crippen LogP contribution in [0.4, 0.5) is 0 Å². The summed E-state index contributed by atoms with van der Waals surface area (Å²) in [4.78, 5) is 25.7. The van der Waals surface area contributed by atoms with Crippen LogP contribution in [0.1, 0.15) is 23.5 Å². The highest BCUT2D eigenvalue weighted by Gasteiger charge is 2.35. The van der Waals surface area contributed by atoms with Gasteiger partial charge >= 0.3 is 5.97 Å². The zero-order valence-corrected chi connectivity index (χ0v) is 17.6. The molecule has 0 amide bonds. The average Bonchev–Trinajstić information content (AvgIpc) is 2.83. The molecule has 0 saturated carbocycles. The van der Waals surface area contributed by atoms with Gasteiger partial charge in [-0.3, -0.25) is 9.59 Å². The van der Waals surface area contributed by atoms with Crippen molar-refractivity contribution in [2.75, 3.05) is 14.2 Å². The molecule has 5 rings (SSSR count). The van der Waals surface area contributed by atoms with Crippen molar-refractivity contribution in [1.82, 2.24) is 0 Å². The zero-order chi connectivity index (χ0) is 22.2. The van der Waals surface area contributed by atoms with E-state index < -0.39 is 5.92 Å². The Labute approximate surface area is 184 Å². The third kappa shape index (κ3) is 3.21. The molecule has 1 unspecified atom stereocenters. The van der Waals surface area contributed by atoms with Crippen molar-refractivity contribution >= 4 is 16.9 Å². The molecule has 1 aromatic heterocycles. The van der Waals surface area contributed by atoms with Crippen LogP contribution in [0.5, 0.6) is 17.2 Å². The summed E-state index contributed by atoms with van der Waals surface area (Å²) in [7, 11) is 3.05. The second-order valence-electron chi connectivity index (χ2n) is 7.51. The van der Waals surface area contributed by atoms with Gasteiger partial charge in [0.15, 0.2) is 5.43 Å². The van der Waals surface area contributed by atoms with Gasteiger partial charge in [0.2, 0.25) is 0 Å². The fourth-order valence-electron chi connectivity index (χ4n) is 4.27. The van der Waals surface area contributed by atoms with Crippen LogP contribution in [0.3, 0.4) is 0 Å². The molecule has 6 heteroatoms. The Morgan fingerprint density at radius 1 is 0.875 bits per heavy atom. The van der Waals surface area contributed by atoms with Gasteiger partial charge in [0, 0.05) is 34.7 Å². The Kier molecular flexibility index (Phi) is 4.90. The second-order valence-corrected chi connectivity index (χ2v) is 7.51. The summed E-state index contributed by atoms with van der Waals surface area (Å²) < 4.78 is 22.9. The monoisotopic (exact) mass is 428 g/mol. The number of para-hydroxylation sites is 1. The van der Waals surface area contributed by atoms with Crippen molar-refractivity contribution in [1.29, 1.82) is 0 Å². The molecular formula is C26H20O6. The number of fused-ring (bicyclic) bond motifs is 3. The predicted octanol–water partition coefficient (Wildman–Crippen LogP) is 4.92. The van der Waals surface area contributed by atoms with Gasteiger partial charge in [-0.05, 0) is 6.07 Å². The summed E-state index contributed by atoms with van der Waals surface area (Å²) >= 11 is 0. The number of esters is 1. The van der Waals surface area contributed by atoms with Gasteiger partial charge in [0.1, 0.15) is 34.0 Å². The van der Waals surface area contributed by atoms with Crippen molar-refractivity contribution in [3.05, 3.63) is 88.1 Å². The molecule has 1 aliphatic rings. The fraction of sp³-hybridized carbons (Fsp3) is 0.154. The van der Waals surface area contributed by atoms with E-state index in [2.05, 4.69) is 0 Å². The van der Waals surface area contributed by atoms with E-state index in [4.69, 9.17) is 18.6 Å². The van der Waals surface area contributed by atoms with Crippen molar-refractivity contribution < 1.29 is 23.4 Å². The SMILES string of the molecule is COc1ccccc1C1CC(=O)Oc2cc(OC)c3c(=O)cc(-c4ccccc4)oc3c21. The lowest BCUT2D eigenvalue weighted by Gasteiger charge is -2.27. The molecule has 0 bridgehead atoms. The van der Waals surface area contributed by atoms with Gasteiger partial charge in [-0.15, -0.1) is 0 Å². The van der Waals surface area contributed by atoms with E-state index in [-0.39, 0.29) is 17.8 Å². The molecular weight excluding hydrogens is 408 g/mol. The van der Waals surface area contributed by atoms with E-state index in [0.717, 1.165) is 11.1 Å². The summed E-state index contributed by atoms with van der Waals surface area (Å²) in [6.45, 7) is 0. The molecule has 4 aromatic rings. The summed E-state index contributed by atoms with van der Waals surface area (Å²) in [5.74, 6) is 0.884. The number of carbonyl (C=O) groups is 1. The van der Waals surface area contributed by atoms with E-state index in [0.29, 0.717) is 39.5 Å². The number of methoxy groups -OCH3 is 2. The second kappa shape index (κ2) is 7.89. The zero-order valence-electron chi connectivity index (χ0n) is 17.6. The standard InChI is InChI=1S/C26H20O6/c1-29-19-11-7-6-10-16(19)17-12-23(28)31-22-14-21(30-2)25-18(27)13-20(32-26(25)24(17)22)15-8-4-3-5-9-15/h3-11,13-14,17H,12H2,1-2H3. The number of hydrogen-bond donors (Lipinski definition) is 0. The average molecular weight is 428 g/mol. The molecule has 1 atom stereocenters. The van der Waals surface area contributed by atoms with Crippen molar-refractivity contribution in [3.8, 4) is 28.6 Å². The van der Waals surface area contributed by atoms with Gasteiger partial charge in [0.25, 0.3) is 0 Å². The minimum absolute atomic E-state index is 0.0913. The van der Waals surface area contributed by atoms with E-state index in [1.807, 2.05) is 54.6 Å². The maximum absolute atomic E-state index is 13.2.